The molecule has 4 heterocycles. The second-order valence-electron chi connectivity index (χ2n) is 7.07. The molecule has 0 aliphatic carbocycles. The maximum absolute atomic E-state index is 12.9. The molecule has 3 N–H and O–H groups in total. The third kappa shape index (κ3) is 3.01. The normalized spacial score (nSPS) is 19.6. The van der Waals surface area contributed by atoms with E-state index >= 15 is 0 Å². The Balaban J connectivity index is 1.50. The highest BCUT2D eigenvalue weighted by Crippen LogP contribution is 2.28. The summed E-state index contributed by atoms with van der Waals surface area (Å²) in [6.07, 6.45) is 2.78. The number of ether oxygens (including phenoxy) is 1. The van der Waals surface area contributed by atoms with Gasteiger partial charge in [0.25, 0.3) is 11.8 Å². The Bertz CT molecular complexity index is 1320. The molecule has 1 fully saturated rings. The van der Waals surface area contributed by atoms with Crippen molar-refractivity contribution in [2.75, 3.05) is 13.7 Å². The van der Waals surface area contributed by atoms with E-state index in [4.69, 9.17) is 4.74 Å². The zero-order valence-corrected chi connectivity index (χ0v) is 16.2. The summed E-state index contributed by atoms with van der Waals surface area (Å²) in [4.78, 5) is 54.2. The third-order valence-electron chi connectivity index (χ3n) is 5.18. The van der Waals surface area contributed by atoms with Crippen molar-refractivity contribution in [2.24, 2.45) is 0 Å². The lowest BCUT2D eigenvalue weighted by Crippen LogP contribution is -2.54. The number of carbonyl (C=O) groups excluding carboxylic acids is 3. The van der Waals surface area contributed by atoms with Crippen LogP contribution in [0.3, 0.4) is 0 Å². The fourth-order valence-electron chi connectivity index (χ4n) is 3.63. The van der Waals surface area contributed by atoms with Gasteiger partial charge in [-0.15, -0.1) is 0 Å². The van der Waals surface area contributed by atoms with Gasteiger partial charge >= 0.3 is 6.03 Å². The number of rotatable bonds is 3. The van der Waals surface area contributed by atoms with Crippen LogP contribution < -0.4 is 15.4 Å². The Morgan fingerprint density at radius 2 is 2.10 bits per heavy atom. The van der Waals surface area contributed by atoms with E-state index in [1.54, 1.807) is 18.2 Å². The summed E-state index contributed by atoms with van der Waals surface area (Å²) in [5.74, 6) is 5.27. The monoisotopic (exact) mass is 417 g/mol. The standard InChI is InChI=1S/C20H15N7O4/c1-31-12-3-2-11-7-27(17(28)13(11)6-12)8-20(18(29)25-19(30)26-20)5-4-14-15-16(23-9-21-14)24-10-22-15/h2-3,6,9-10H,7-8H2,1H3,(H,21,22,23,24)(H2,25,26,29,30)/t20-/m1/s1. The average molecular weight is 417 g/mol. The minimum Gasteiger partial charge on any atom is -0.497 e. The van der Waals surface area contributed by atoms with Crippen molar-refractivity contribution in [1.29, 1.82) is 0 Å². The summed E-state index contributed by atoms with van der Waals surface area (Å²) in [5.41, 5.74) is 0.875. The van der Waals surface area contributed by atoms with E-state index < -0.39 is 17.5 Å². The number of fused-ring (bicyclic) bond motifs is 2. The average Bonchev–Trinajstić information content (AvgIpc) is 3.43. The second-order valence-corrected chi connectivity index (χ2v) is 7.07. The number of carbonyl (C=O) groups is 3. The number of hydrogen-bond acceptors (Lipinski definition) is 7. The van der Waals surface area contributed by atoms with Gasteiger partial charge in [-0.25, -0.2) is 19.7 Å². The lowest BCUT2D eigenvalue weighted by atomic mass is 9.99. The first-order chi connectivity index (χ1) is 15.0. The molecule has 1 atom stereocenters. The molecule has 0 unspecified atom stereocenters. The van der Waals surface area contributed by atoms with Gasteiger partial charge in [-0.3, -0.25) is 14.9 Å². The lowest BCUT2D eigenvalue weighted by molar-refractivity contribution is -0.122. The molecule has 154 valence electrons. The van der Waals surface area contributed by atoms with Crippen molar-refractivity contribution in [3.63, 3.8) is 0 Å². The molecular formula is C20H15N7O4. The van der Waals surface area contributed by atoms with Crippen LogP contribution in [0.4, 0.5) is 4.79 Å². The van der Waals surface area contributed by atoms with Gasteiger partial charge in [0.05, 0.1) is 20.0 Å². The molecule has 11 heteroatoms. The number of benzene rings is 1. The molecule has 2 aliphatic rings. The SMILES string of the molecule is COc1ccc2c(c1)C(=O)N(C[C@@]1(C#Cc3ncnc4[nH]cnc34)NC(=O)NC1=O)C2. The Labute approximate surface area is 175 Å². The van der Waals surface area contributed by atoms with Crippen LogP contribution in [0, 0.1) is 11.8 Å². The molecule has 2 aliphatic heterocycles. The summed E-state index contributed by atoms with van der Waals surface area (Å²) in [5, 5.41) is 4.76. The van der Waals surface area contributed by atoms with E-state index in [1.165, 1.54) is 24.7 Å². The Morgan fingerprint density at radius 3 is 2.87 bits per heavy atom. The van der Waals surface area contributed by atoms with Gasteiger partial charge in [-0.1, -0.05) is 12.0 Å². The van der Waals surface area contributed by atoms with Crippen molar-refractivity contribution in [2.45, 2.75) is 12.1 Å². The molecule has 0 saturated carbocycles. The van der Waals surface area contributed by atoms with E-state index in [9.17, 15) is 14.4 Å². The molecule has 3 aromatic rings. The molecule has 0 bridgehead atoms. The van der Waals surface area contributed by atoms with Crippen LogP contribution in [0.5, 0.6) is 5.75 Å². The van der Waals surface area contributed by atoms with E-state index in [0.717, 1.165) is 5.56 Å². The number of H-pyrrole nitrogens is 1. The van der Waals surface area contributed by atoms with Gasteiger partial charge in [-0.2, -0.15) is 0 Å². The van der Waals surface area contributed by atoms with Crippen LogP contribution in [0.1, 0.15) is 21.6 Å². The van der Waals surface area contributed by atoms with Gasteiger partial charge in [0, 0.05) is 12.1 Å². The first-order valence-corrected chi connectivity index (χ1v) is 9.26. The zero-order valence-electron chi connectivity index (χ0n) is 16.2. The highest BCUT2D eigenvalue weighted by molar-refractivity contribution is 6.10. The number of nitrogens with zero attached hydrogens (tertiary/aromatic N) is 4. The Kier molecular flexibility index (Phi) is 4.07. The largest absolute Gasteiger partial charge is 0.497 e. The molecule has 1 saturated heterocycles. The van der Waals surface area contributed by atoms with Crippen molar-refractivity contribution in [1.82, 2.24) is 35.5 Å². The predicted octanol–water partition coefficient (Wildman–Crippen LogP) is -0.0528. The molecule has 2 aromatic heterocycles. The van der Waals surface area contributed by atoms with E-state index in [0.29, 0.717) is 28.2 Å². The zero-order chi connectivity index (χ0) is 21.6. The number of aromatic amines is 1. The number of aromatic nitrogens is 4. The fourth-order valence-corrected chi connectivity index (χ4v) is 3.63. The molecule has 11 nitrogen and oxygen atoms in total. The van der Waals surface area contributed by atoms with Gasteiger partial charge in [0.15, 0.2) is 5.65 Å². The minimum atomic E-state index is -1.63. The Hall–Kier alpha value is -4.46. The molecule has 4 amide bonds. The highest BCUT2D eigenvalue weighted by Gasteiger charge is 2.48. The van der Waals surface area contributed by atoms with Gasteiger partial charge in [0.1, 0.15) is 23.3 Å². The van der Waals surface area contributed by atoms with Crippen molar-refractivity contribution >= 4 is 29.0 Å². The maximum atomic E-state index is 12.9. The number of nitrogens with one attached hydrogen (secondary N) is 3. The number of imide groups is 1. The number of methoxy groups -OCH3 is 1. The first kappa shape index (κ1) is 18.6. The lowest BCUT2D eigenvalue weighted by Gasteiger charge is -2.26. The highest BCUT2D eigenvalue weighted by atomic mass is 16.5. The fraction of sp³-hybridized carbons (Fsp3) is 0.200. The molecule has 0 spiro atoms. The van der Waals surface area contributed by atoms with Crippen molar-refractivity contribution < 1.29 is 19.1 Å². The third-order valence-corrected chi connectivity index (χ3v) is 5.18. The number of hydrogen-bond donors (Lipinski definition) is 3. The maximum Gasteiger partial charge on any atom is 0.323 e. The van der Waals surface area contributed by atoms with Crippen molar-refractivity contribution in [3.8, 4) is 17.6 Å². The van der Waals surface area contributed by atoms with Gasteiger partial charge in [-0.05, 0) is 23.6 Å². The van der Waals surface area contributed by atoms with Crippen LogP contribution in [-0.2, 0) is 11.3 Å². The quantitative estimate of drug-likeness (QED) is 0.400. The van der Waals surface area contributed by atoms with E-state index in [-0.39, 0.29) is 19.0 Å². The molecule has 5 rings (SSSR count). The van der Waals surface area contributed by atoms with Crippen LogP contribution in [-0.4, -0.2) is 61.9 Å². The van der Waals surface area contributed by atoms with Crippen molar-refractivity contribution in [3.05, 3.63) is 47.7 Å². The molecular weight excluding hydrogens is 402 g/mol. The van der Waals surface area contributed by atoms with E-state index in [1.807, 2.05) is 0 Å². The van der Waals surface area contributed by atoms with E-state index in [2.05, 4.69) is 42.4 Å². The minimum absolute atomic E-state index is 0.137. The molecule has 1 aromatic carbocycles. The topological polar surface area (TPSA) is 142 Å². The number of imidazole rings is 1. The smallest absolute Gasteiger partial charge is 0.323 e. The van der Waals surface area contributed by atoms with Crippen LogP contribution in [0.25, 0.3) is 11.2 Å². The summed E-state index contributed by atoms with van der Waals surface area (Å²) < 4.78 is 5.19. The van der Waals surface area contributed by atoms with Crippen LogP contribution >= 0.6 is 0 Å². The van der Waals surface area contributed by atoms with Crippen LogP contribution in [0.2, 0.25) is 0 Å². The first-order valence-electron chi connectivity index (χ1n) is 9.26. The number of amides is 4. The van der Waals surface area contributed by atoms with Gasteiger partial charge < -0.3 is 19.9 Å². The summed E-state index contributed by atoms with van der Waals surface area (Å²) in [7, 11) is 1.52. The number of urea groups is 1. The summed E-state index contributed by atoms with van der Waals surface area (Å²) in [6, 6.07) is 4.53. The molecule has 0 radical (unpaired) electrons. The summed E-state index contributed by atoms with van der Waals surface area (Å²) >= 11 is 0. The second kappa shape index (κ2) is 6.81. The Morgan fingerprint density at radius 1 is 1.23 bits per heavy atom. The van der Waals surface area contributed by atoms with Crippen LogP contribution in [0.15, 0.2) is 30.9 Å². The summed E-state index contributed by atoms with van der Waals surface area (Å²) in [6.45, 7) is 0.143. The predicted molar refractivity (Wildman–Crippen MR) is 106 cm³/mol. The van der Waals surface area contributed by atoms with Gasteiger partial charge in [0.2, 0.25) is 5.54 Å². The molecule has 31 heavy (non-hydrogen) atoms.